The minimum Gasteiger partial charge on any atom is -0.485 e. The van der Waals surface area contributed by atoms with Gasteiger partial charge in [0.25, 0.3) is 0 Å². The molecule has 0 atom stereocenters. The fraction of sp³-hybridized carbons (Fsp3) is 0.0606. The zero-order valence-corrected chi connectivity index (χ0v) is 19.8. The number of ketones is 1. The third kappa shape index (κ3) is 5.89. The molecular weight excluding hydrogens is 444 g/mol. The summed E-state index contributed by atoms with van der Waals surface area (Å²) in [6.45, 7) is 0.865. The first kappa shape index (κ1) is 23.1. The smallest absolute Gasteiger partial charge is 0.185 e. The molecule has 5 aromatic carbocycles. The van der Waals surface area contributed by atoms with E-state index in [4.69, 9.17) is 9.47 Å². The highest BCUT2D eigenvalue weighted by atomic mass is 16.5. The number of carbonyl (C=O) groups excluding carboxylic acids is 1. The van der Waals surface area contributed by atoms with Crippen LogP contribution in [0.4, 0.5) is 0 Å². The summed E-state index contributed by atoms with van der Waals surface area (Å²) in [6.07, 6.45) is 3.42. The van der Waals surface area contributed by atoms with Crippen LogP contribution in [0.5, 0.6) is 11.5 Å². The van der Waals surface area contributed by atoms with Crippen molar-refractivity contribution >= 4 is 22.6 Å². The molecule has 0 bridgehead atoms. The van der Waals surface area contributed by atoms with Crippen molar-refractivity contribution in [2.75, 3.05) is 0 Å². The Kier molecular flexibility index (Phi) is 7.19. The van der Waals surface area contributed by atoms with Gasteiger partial charge in [-0.1, -0.05) is 109 Å². The van der Waals surface area contributed by atoms with Gasteiger partial charge in [-0.3, -0.25) is 4.79 Å². The van der Waals surface area contributed by atoms with Crippen LogP contribution in [-0.2, 0) is 13.2 Å². The molecule has 0 unspecified atom stereocenters. The van der Waals surface area contributed by atoms with Crippen molar-refractivity contribution in [1.29, 1.82) is 0 Å². The molecule has 0 saturated carbocycles. The van der Waals surface area contributed by atoms with Gasteiger partial charge in [-0.2, -0.15) is 0 Å². The molecular formula is C33H26O3. The Morgan fingerprint density at radius 3 is 1.89 bits per heavy atom. The molecule has 36 heavy (non-hydrogen) atoms. The van der Waals surface area contributed by atoms with Gasteiger partial charge in [-0.15, -0.1) is 0 Å². The molecule has 0 aliphatic heterocycles. The van der Waals surface area contributed by atoms with Gasteiger partial charge in [0.15, 0.2) is 17.3 Å². The van der Waals surface area contributed by atoms with Crippen LogP contribution in [0.3, 0.4) is 0 Å². The minimum absolute atomic E-state index is 0.0445. The van der Waals surface area contributed by atoms with E-state index in [1.165, 1.54) is 0 Å². The Labute approximate surface area is 211 Å². The van der Waals surface area contributed by atoms with Crippen molar-refractivity contribution in [3.05, 3.63) is 150 Å². The second-order valence-electron chi connectivity index (χ2n) is 8.51. The Morgan fingerprint density at radius 1 is 0.583 bits per heavy atom. The first-order valence-corrected chi connectivity index (χ1v) is 11.9. The number of hydrogen-bond donors (Lipinski definition) is 0. The Balaban J connectivity index is 1.35. The summed E-state index contributed by atoms with van der Waals surface area (Å²) >= 11 is 0. The van der Waals surface area contributed by atoms with Crippen molar-refractivity contribution in [3.63, 3.8) is 0 Å². The molecule has 0 aliphatic rings. The van der Waals surface area contributed by atoms with Crippen LogP contribution in [-0.4, -0.2) is 5.78 Å². The van der Waals surface area contributed by atoms with Gasteiger partial charge in [-0.05, 0) is 51.7 Å². The Bertz CT molecular complexity index is 1490. The van der Waals surface area contributed by atoms with Gasteiger partial charge >= 0.3 is 0 Å². The van der Waals surface area contributed by atoms with E-state index in [1.54, 1.807) is 6.08 Å². The third-order valence-corrected chi connectivity index (χ3v) is 5.90. The molecule has 5 aromatic rings. The molecule has 0 amide bonds. The van der Waals surface area contributed by atoms with Crippen molar-refractivity contribution in [2.24, 2.45) is 0 Å². The van der Waals surface area contributed by atoms with Crippen LogP contribution in [0.25, 0.3) is 16.8 Å². The van der Waals surface area contributed by atoms with E-state index in [9.17, 15) is 4.79 Å². The lowest BCUT2D eigenvalue weighted by Gasteiger charge is -2.14. The lowest BCUT2D eigenvalue weighted by atomic mass is 10.0. The number of rotatable bonds is 9. The highest BCUT2D eigenvalue weighted by Crippen LogP contribution is 2.31. The number of hydrogen-bond acceptors (Lipinski definition) is 3. The predicted octanol–water partition coefficient (Wildman–Crippen LogP) is 7.89. The van der Waals surface area contributed by atoms with E-state index >= 15 is 0 Å². The highest BCUT2D eigenvalue weighted by Gasteiger charge is 2.09. The van der Waals surface area contributed by atoms with E-state index in [-0.39, 0.29) is 5.78 Å². The van der Waals surface area contributed by atoms with Crippen LogP contribution in [0, 0.1) is 0 Å². The van der Waals surface area contributed by atoms with Crippen molar-refractivity contribution in [3.8, 4) is 11.5 Å². The summed E-state index contributed by atoms with van der Waals surface area (Å²) in [7, 11) is 0. The zero-order chi connectivity index (χ0) is 24.6. The molecule has 0 fully saturated rings. The molecule has 0 spiro atoms. The van der Waals surface area contributed by atoms with E-state index < -0.39 is 0 Å². The first-order chi connectivity index (χ1) is 17.7. The van der Waals surface area contributed by atoms with Crippen LogP contribution in [0.2, 0.25) is 0 Å². The Hall–Kier alpha value is -4.63. The SMILES string of the molecule is O=C(C=Cc1ccc(OCc2ccccc2)c(OCc2ccccc2)c1)c1ccc2ccccc2c1. The maximum absolute atomic E-state index is 12.8. The maximum atomic E-state index is 12.8. The van der Waals surface area contributed by atoms with Crippen LogP contribution in [0.15, 0.2) is 127 Å². The molecule has 176 valence electrons. The van der Waals surface area contributed by atoms with Crippen molar-refractivity contribution < 1.29 is 14.3 Å². The fourth-order valence-electron chi connectivity index (χ4n) is 3.94. The van der Waals surface area contributed by atoms with E-state index in [1.807, 2.05) is 127 Å². The Morgan fingerprint density at radius 2 is 1.19 bits per heavy atom. The second kappa shape index (κ2) is 11.2. The summed E-state index contributed by atoms with van der Waals surface area (Å²) in [5.74, 6) is 1.25. The monoisotopic (exact) mass is 470 g/mol. The van der Waals surface area contributed by atoms with Crippen LogP contribution < -0.4 is 9.47 Å². The van der Waals surface area contributed by atoms with Crippen molar-refractivity contribution in [2.45, 2.75) is 13.2 Å². The first-order valence-electron chi connectivity index (χ1n) is 11.9. The topological polar surface area (TPSA) is 35.5 Å². The second-order valence-corrected chi connectivity index (χ2v) is 8.51. The van der Waals surface area contributed by atoms with E-state index in [0.717, 1.165) is 27.5 Å². The average Bonchev–Trinajstić information content (AvgIpc) is 2.95. The van der Waals surface area contributed by atoms with Crippen molar-refractivity contribution in [1.82, 2.24) is 0 Å². The minimum atomic E-state index is -0.0445. The normalized spacial score (nSPS) is 11.0. The predicted molar refractivity (Wildman–Crippen MR) is 145 cm³/mol. The number of carbonyl (C=O) groups is 1. The van der Waals surface area contributed by atoms with Gasteiger partial charge in [0.1, 0.15) is 13.2 Å². The summed E-state index contributed by atoms with van der Waals surface area (Å²) in [5.41, 5.74) is 3.67. The van der Waals surface area contributed by atoms with Gasteiger partial charge in [-0.25, -0.2) is 0 Å². The van der Waals surface area contributed by atoms with E-state index in [2.05, 4.69) is 0 Å². The van der Waals surface area contributed by atoms with Crippen LogP contribution >= 0.6 is 0 Å². The standard InChI is InChI=1S/C33H26O3/c34-31(30-18-17-28-13-7-8-14-29(28)22-30)19-15-25-16-20-32(35-23-26-9-3-1-4-10-26)33(21-25)36-24-27-11-5-2-6-12-27/h1-22H,23-24H2. The molecule has 5 rings (SSSR count). The quantitative estimate of drug-likeness (QED) is 0.162. The number of benzene rings is 5. The third-order valence-electron chi connectivity index (χ3n) is 5.90. The lowest BCUT2D eigenvalue weighted by molar-refractivity contribution is 0.104. The summed E-state index contributed by atoms with van der Waals surface area (Å²) in [5, 5.41) is 2.16. The molecule has 0 N–H and O–H groups in total. The molecule has 0 aromatic heterocycles. The largest absolute Gasteiger partial charge is 0.485 e. The average molecular weight is 471 g/mol. The van der Waals surface area contributed by atoms with E-state index in [0.29, 0.717) is 30.3 Å². The lowest BCUT2D eigenvalue weighted by Crippen LogP contribution is -2.01. The van der Waals surface area contributed by atoms with Gasteiger partial charge in [0.05, 0.1) is 0 Å². The molecule has 0 heterocycles. The molecule has 0 saturated heterocycles. The summed E-state index contributed by atoms with van der Waals surface area (Å²) in [6, 6.07) is 39.6. The summed E-state index contributed by atoms with van der Waals surface area (Å²) < 4.78 is 12.2. The van der Waals surface area contributed by atoms with Gasteiger partial charge in [0, 0.05) is 5.56 Å². The maximum Gasteiger partial charge on any atom is 0.185 e. The van der Waals surface area contributed by atoms with Gasteiger partial charge < -0.3 is 9.47 Å². The number of ether oxygens (including phenoxy) is 2. The van der Waals surface area contributed by atoms with Gasteiger partial charge in [0.2, 0.25) is 0 Å². The fourth-order valence-corrected chi connectivity index (χ4v) is 3.94. The van der Waals surface area contributed by atoms with Crippen LogP contribution in [0.1, 0.15) is 27.0 Å². The highest BCUT2D eigenvalue weighted by molar-refractivity contribution is 6.08. The number of allylic oxidation sites excluding steroid dienone is 1. The zero-order valence-electron chi connectivity index (χ0n) is 19.8. The molecule has 3 heteroatoms. The summed E-state index contributed by atoms with van der Waals surface area (Å²) in [4.78, 5) is 12.8. The molecule has 0 aliphatic carbocycles. The number of fused-ring (bicyclic) bond motifs is 1. The molecule has 3 nitrogen and oxygen atoms in total. The molecule has 0 radical (unpaired) electrons.